The zero-order valence-electron chi connectivity index (χ0n) is 9.37. The van der Waals surface area contributed by atoms with Crippen LogP contribution in [0, 0.1) is 22.0 Å². The second-order valence-corrected chi connectivity index (χ2v) is 4.64. The third-order valence-electron chi connectivity index (χ3n) is 3.62. The van der Waals surface area contributed by atoms with E-state index in [0.717, 1.165) is 23.3 Å². The molecule has 0 bridgehead atoms. The van der Waals surface area contributed by atoms with Crippen molar-refractivity contribution in [1.82, 2.24) is 0 Å². The quantitative estimate of drug-likeness (QED) is 0.417. The molecule has 2 atom stereocenters. The molecule has 2 aliphatic rings. The Morgan fingerprint density at radius 2 is 1.82 bits per heavy atom. The molecule has 0 heterocycles. The Labute approximate surface area is 98.9 Å². The van der Waals surface area contributed by atoms with Crippen LogP contribution in [0.15, 0.2) is 30.4 Å². The van der Waals surface area contributed by atoms with Gasteiger partial charge < -0.3 is 0 Å². The van der Waals surface area contributed by atoms with Crippen LogP contribution in [0.5, 0.6) is 0 Å². The summed E-state index contributed by atoms with van der Waals surface area (Å²) in [6, 6.07) is 5.32. The molecule has 2 aliphatic carbocycles. The zero-order chi connectivity index (χ0) is 11.8. The van der Waals surface area contributed by atoms with Gasteiger partial charge >= 0.3 is 0 Å². The molecular weight excluding hydrogens is 214 g/mol. The molecule has 0 fully saturated rings. The number of nitro benzene ring substituents is 1. The van der Waals surface area contributed by atoms with Crippen LogP contribution in [-0.2, 0) is 0 Å². The van der Waals surface area contributed by atoms with Gasteiger partial charge in [-0.2, -0.15) is 0 Å². The van der Waals surface area contributed by atoms with Gasteiger partial charge in [0.15, 0.2) is 0 Å². The Morgan fingerprint density at radius 1 is 1.12 bits per heavy atom. The summed E-state index contributed by atoms with van der Waals surface area (Å²) in [5.41, 5.74) is 0.228. The van der Waals surface area contributed by atoms with Gasteiger partial charge in [0.2, 0.25) is 0 Å². The van der Waals surface area contributed by atoms with Gasteiger partial charge in [0.05, 0.1) is 10.1 Å². The maximum atomic E-state index is 11.0. The summed E-state index contributed by atoms with van der Waals surface area (Å²) in [6.45, 7) is 0. The number of non-ortho nitro benzene ring substituents is 1. The Morgan fingerprint density at radius 3 is 2.53 bits per heavy atom. The number of nitrogens with zero attached hydrogens (tertiary/aromatic N) is 1. The van der Waals surface area contributed by atoms with E-state index in [-0.39, 0.29) is 10.6 Å². The molecule has 86 valence electrons. The first-order valence-corrected chi connectivity index (χ1v) is 5.88. The third-order valence-corrected chi connectivity index (χ3v) is 3.62. The van der Waals surface area contributed by atoms with Crippen molar-refractivity contribution >= 4 is 17.8 Å². The lowest BCUT2D eigenvalue weighted by atomic mass is 9.79. The molecule has 3 rings (SSSR count). The van der Waals surface area contributed by atoms with Gasteiger partial charge in [0.25, 0.3) is 5.69 Å². The fourth-order valence-electron chi connectivity index (χ4n) is 2.74. The van der Waals surface area contributed by atoms with E-state index in [9.17, 15) is 10.1 Å². The van der Waals surface area contributed by atoms with E-state index >= 15 is 0 Å². The molecule has 0 aromatic heterocycles. The second kappa shape index (κ2) is 3.84. The van der Waals surface area contributed by atoms with Gasteiger partial charge in [-0.05, 0) is 29.9 Å². The number of hydrogen-bond donors (Lipinski definition) is 0. The number of rotatable bonds is 1. The zero-order valence-corrected chi connectivity index (χ0v) is 9.37. The lowest BCUT2D eigenvalue weighted by Crippen LogP contribution is -2.35. The summed E-state index contributed by atoms with van der Waals surface area (Å²) in [5.74, 6) is 0.933. The van der Waals surface area contributed by atoms with E-state index in [2.05, 4.69) is 24.3 Å². The van der Waals surface area contributed by atoms with Crippen molar-refractivity contribution in [3.63, 3.8) is 0 Å². The standard InChI is InChI=1S/C14H13NO2/c16-15(17)14-7-3-6-12-8-10-4-1-2-5-11(10)9-13(12)14/h1-3,6-11H,4-5H2. The summed E-state index contributed by atoms with van der Waals surface area (Å²) in [7, 11) is 0. The normalized spacial score (nSPS) is 25.2. The summed E-state index contributed by atoms with van der Waals surface area (Å²) in [5, 5.41) is 12.8. The van der Waals surface area contributed by atoms with Gasteiger partial charge in [-0.15, -0.1) is 0 Å². The molecule has 0 saturated carbocycles. The molecule has 3 heteroatoms. The molecule has 3 nitrogen and oxygen atoms in total. The lowest BCUT2D eigenvalue weighted by Gasteiger charge is -2.25. The molecule has 0 radical (unpaired) electrons. The molecule has 0 amide bonds. The molecule has 0 N–H and O–H groups in total. The van der Waals surface area contributed by atoms with Crippen molar-refractivity contribution in [1.29, 1.82) is 0 Å². The number of nitro groups is 1. The van der Waals surface area contributed by atoms with E-state index < -0.39 is 0 Å². The fraction of sp³-hybridized carbons (Fsp3) is 0.286. The smallest absolute Gasteiger partial charge is 0.258 e. The lowest BCUT2D eigenvalue weighted by molar-refractivity contribution is -0.386. The maximum absolute atomic E-state index is 11.0. The van der Waals surface area contributed by atoms with Gasteiger partial charge in [0, 0.05) is 6.07 Å². The first-order valence-electron chi connectivity index (χ1n) is 5.88. The van der Waals surface area contributed by atoms with Crippen molar-refractivity contribution < 1.29 is 4.92 Å². The third kappa shape index (κ3) is 1.68. The molecule has 1 aromatic carbocycles. The first-order chi connectivity index (χ1) is 8.25. The minimum Gasteiger partial charge on any atom is -0.258 e. The second-order valence-electron chi connectivity index (χ2n) is 4.64. The minimum absolute atomic E-state index is 0.228. The largest absolute Gasteiger partial charge is 0.276 e. The molecule has 0 aliphatic heterocycles. The van der Waals surface area contributed by atoms with Crippen molar-refractivity contribution in [2.45, 2.75) is 12.8 Å². The number of fused-ring (bicyclic) bond motifs is 2. The molecule has 17 heavy (non-hydrogen) atoms. The van der Waals surface area contributed by atoms with Crippen LogP contribution in [0.25, 0.3) is 12.2 Å². The Bertz CT molecular complexity index is 616. The van der Waals surface area contributed by atoms with Crippen LogP contribution in [-0.4, -0.2) is 4.92 Å². The summed E-state index contributed by atoms with van der Waals surface area (Å²) < 4.78 is 0. The molecule has 2 unspecified atom stereocenters. The highest BCUT2D eigenvalue weighted by molar-refractivity contribution is 5.51. The van der Waals surface area contributed by atoms with Gasteiger partial charge in [0.1, 0.15) is 0 Å². The SMILES string of the molecule is O=[N+]([O-])c1cccc2c1=CC1CC=CCC1C=2. The highest BCUT2D eigenvalue weighted by Gasteiger charge is 2.23. The minimum atomic E-state index is -0.290. The Hall–Kier alpha value is -1.90. The topological polar surface area (TPSA) is 43.1 Å². The van der Waals surface area contributed by atoms with E-state index in [1.54, 1.807) is 12.1 Å². The van der Waals surface area contributed by atoms with E-state index in [1.165, 1.54) is 0 Å². The maximum Gasteiger partial charge on any atom is 0.276 e. The average Bonchev–Trinajstić information content (AvgIpc) is 2.35. The molecule has 0 spiro atoms. The van der Waals surface area contributed by atoms with E-state index in [1.807, 2.05) is 6.07 Å². The fourth-order valence-corrected chi connectivity index (χ4v) is 2.74. The Kier molecular flexibility index (Phi) is 2.32. The summed E-state index contributed by atoms with van der Waals surface area (Å²) >= 11 is 0. The number of hydrogen-bond acceptors (Lipinski definition) is 2. The molecular formula is C14H13NO2. The van der Waals surface area contributed by atoms with Crippen molar-refractivity contribution in [3.05, 3.63) is 50.9 Å². The van der Waals surface area contributed by atoms with Crippen LogP contribution in [0.4, 0.5) is 5.69 Å². The highest BCUT2D eigenvalue weighted by atomic mass is 16.6. The summed E-state index contributed by atoms with van der Waals surface area (Å²) in [6.07, 6.45) is 10.7. The number of benzene rings is 1. The van der Waals surface area contributed by atoms with Crippen LogP contribution in [0.3, 0.4) is 0 Å². The monoisotopic (exact) mass is 227 g/mol. The Balaban J connectivity index is 2.23. The van der Waals surface area contributed by atoms with Gasteiger partial charge in [-0.1, -0.05) is 36.4 Å². The average molecular weight is 227 g/mol. The predicted octanol–water partition coefficient (Wildman–Crippen LogP) is 1.75. The summed E-state index contributed by atoms with van der Waals surface area (Å²) in [4.78, 5) is 10.7. The molecule has 1 aromatic rings. The van der Waals surface area contributed by atoms with Crippen LogP contribution in [0.2, 0.25) is 0 Å². The van der Waals surface area contributed by atoms with E-state index in [0.29, 0.717) is 11.8 Å². The van der Waals surface area contributed by atoms with Gasteiger partial charge in [-0.3, -0.25) is 10.1 Å². The van der Waals surface area contributed by atoms with Crippen molar-refractivity contribution in [3.8, 4) is 0 Å². The molecule has 0 saturated heterocycles. The van der Waals surface area contributed by atoms with E-state index in [4.69, 9.17) is 0 Å². The highest BCUT2D eigenvalue weighted by Crippen LogP contribution is 2.29. The van der Waals surface area contributed by atoms with Crippen LogP contribution < -0.4 is 10.4 Å². The van der Waals surface area contributed by atoms with Crippen LogP contribution in [0.1, 0.15) is 12.8 Å². The van der Waals surface area contributed by atoms with Crippen molar-refractivity contribution in [2.75, 3.05) is 0 Å². The van der Waals surface area contributed by atoms with Crippen molar-refractivity contribution in [2.24, 2.45) is 11.8 Å². The van der Waals surface area contributed by atoms with Crippen LogP contribution >= 0.6 is 0 Å². The predicted molar refractivity (Wildman–Crippen MR) is 66.6 cm³/mol. The van der Waals surface area contributed by atoms with Gasteiger partial charge in [-0.25, -0.2) is 0 Å². The number of allylic oxidation sites excluding steroid dienone is 2. The first kappa shape index (κ1) is 10.3.